The van der Waals surface area contributed by atoms with E-state index in [0.717, 1.165) is 61.1 Å². The lowest BCUT2D eigenvalue weighted by molar-refractivity contribution is -0.130. The Balaban J connectivity index is 1.45. The fraction of sp³-hybridized carbons (Fsp3) is 0.435. The quantitative estimate of drug-likeness (QED) is 0.629. The number of nitrogens with one attached hydrogen (secondary N) is 1. The van der Waals surface area contributed by atoms with Gasteiger partial charge >= 0.3 is 0 Å². The topological polar surface area (TPSA) is 83.6 Å². The van der Waals surface area contributed by atoms with Crippen molar-refractivity contribution in [3.8, 4) is 22.9 Å². The predicted molar refractivity (Wildman–Crippen MR) is 119 cm³/mol. The van der Waals surface area contributed by atoms with Crippen molar-refractivity contribution in [1.29, 1.82) is 0 Å². The molecule has 2 aromatic heterocycles. The smallest absolute Gasteiger partial charge is 0.219 e. The first kappa shape index (κ1) is 21.1. The number of amides is 1. The van der Waals surface area contributed by atoms with Gasteiger partial charge in [0.05, 0.1) is 11.6 Å². The number of carbonyl (C=O) groups is 1. The van der Waals surface area contributed by atoms with E-state index in [4.69, 9.17) is 9.47 Å². The molecular formula is C23H29N5O3. The number of ether oxygens (including phenoxy) is 2. The molecule has 8 heteroatoms. The van der Waals surface area contributed by atoms with Gasteiger partial charge in [0, 0.05) is 57.5 Å². The van der Waals surface area contributed by atoms with E-state index in [0.29, 0.717) is 12.3 Å². The van der Waals surface area contributed by atoms with E-state index in [9.17, 15) is 4.79 Å². The summed E-state index contributed by atoms with van der Waals surface area (Å²) in [4.78, 5) is 27.9. The molecule has 164 valence electrons. The molecule has 0 atom stereocenters. The highest BCUT2D eigenvalue weighted by molar-refractivity contribution is 5.76. The first-order valence-corrected chi connectivity index (χ1v) is 10.7. The molecule has 1 aliphatic heterocycles. The Bertz CT molecular complexity index is 1010. The van der Waals surface area contributed by atoms with Gasteiger partial charge in [-0.1, -0.05) is 0 Å². The summed E-state index contributed by atoms with van der Waals surface area (Å²) in [6, 6.07) is 9.69. The van der Waals surface area contributed by atoms with Crippen LogP contribution in [0.4, 0.5) is 0 Å². The van der Waals surface area contributed by atoms with Gasteiger partial charge in [0.15, 0.2) is 5.65 Å². The molecule has 0 bridgehead atoms. The van der Waals surface area contributed by atoms with Crippen LogP contribution in [0.15, 0.2) is 36.5 Å². The fourth-order valence-corrected chi connectivity index (χ4v) is 3.69. The minimum absolute atomic E-state index is 0.0537. The Hall–Kier alpha value is -3.13. The first-order chi connectivity index (χ1) is 15.0. The van der Waals surface area contributed by atoms with Crippen LogP contribution >= 0.6 is 0 Å². The Kier molecular flexibility index (Phi) is 6.36. The number of pyridine rings is 1. The number of nitrogens with zero attached hydrogens (tertiary/aromatic N) is 4. The Morgan fingerprint density at radius 2 is 1.94 bits per heavy atom. The molecule has 1 amide bonds. The molecular weight excluding hydrogens is 394 g/mol. The van der Waals surface area contributed by atoms with Gasteiger partial charge in [-0.25, -0.2) is 9.97 Å². The molecule has 0 aliphatic carbocycles. The van der Waals surface area contributed by atoms with Crippen molar-refractivity contribution in [3.05, 3.63) is 36.5 Å². The Morgan fingerprint density at radius 3 is 2.65 bits per heavy atom. The second kappa shape index (κ2) is 9.34. The number of hydrogen-bond donors (Lipinski definition) is 1. The van der Waals surface area contributed by atoms with Crippen LogP contribution in [0.2, 0.25) is 0 Å². The van der Waals surface area contributed by atoms with Gasteiger partial charge in [0.1, 0.15) is 23.9 Å². The maximum absolute atomic E-state index is 11.5. The number of carbonyl (C=O) groups excluding carboxylic acids is 1. The van der Waals surface area contributed by atoms with Crippen molar-refractivity contribution >= 4 is 17.1 Å². The van der Waals surface area contributed by atoms with Crippen molar-refractivity contribution in [3.63, 3.8) is 0 Å². The van der Waals surface area contributed by atoms with Crippen LogP contribution in [0.25, 0.3) is 22.6 Å². The Labute approximate surface area is 182 Å². The van der Waals surface area contributed by atoms with Gasteiger partial charge in [0.2, 0.25) is 5.91 Å². The zero-order chi connectivity index (χ0) is 21.8. The molecule has 1 aromatic carbocycles. The maximum atomic E-state index is 11.5. The second-order valence-corrected chi connectivity index (χ2v) is 8.02. The van der Waals surface area contributed by atoms with Crippen LogP contribution in [-0.4, -0.2) is 76.1 Å². The van der Waals surface area contributed by atoms with Gasteiger partial charge in [0.25, 0.3) is 0 Å². The summed E-state index contributed by atoms with van der Waals surface area (Å²) in [5.41, 5.74) is 2.46. The zero-order valence-electron chi connectivity index (χ0n) is 18.3. The number of benzene rings is 1. The average Bonchev–Trinajstić information content (AvgIpc) is 3.18. The van der Waals surface area contributed by atoms with E-state index < -0.39 is 0 Å². The van der Waals surface area contributed by atoms with E-state index >= 15 is 0 Å². The zero-order valence-corrected chi connectivity index (χ0v) is 18.3. The van der Waals surface area contributed by atoms with E-state index in [2.05, 4.69) is 19.9 Å². The molecule has 3 heterocycles. The summed E-state index contributed by atoms with van der Waals surface area (Å²) in [7, 11) is 0. The fourth-order valence-electron chi connectivity index (χ4n) is 3.69. The highest BCUT2D eigenvalue weighted by atomic mass is 16.5. The molecule has 8 nitrogen and oxygen atoms in total. The van der Waals surface area contributed by atoms with E-state index in [-0.39, 0.29) is 12.0 Å². The molecule has 0 saturated carbocycles. The van der Waals surface area contributed by atoms with Crippen molar-refractivity contribution in [2.24, 2.45) is 0 Å². The number of fused-ring (bicyclic) bond motifs is 1. The van der Waals surface area contributed by atoms with E-state index in [1.54, 1.807) is 13.1 Å². The van der Waals surface area contributed by atoms with Crippen molar-refractivity contribution in [2.75, 3.05) is 39.3 Å². The van der Waals surface area contributed by atoms with Gasteiger partial charge in [-0.2, -0.15) is 0 Å². The number of imidazole rings is 1. The number of aromatic nitrogens is 3. The summed E-state index contributed by atoms with van der Waals surface area (Å²) in [5, 5.41) is 0. The van der Waals surface area contributed by atoms with Crippen molar-refractivity contribution < 1.29 is 14.3 Å². The molecule has 1 fully saturated rings. The third kappa shape index (κ3) is 5.32. The van der Waals surface area contributed by atoms with Gasteiger partial charge < -0.3 is 19.4 Å². The minimum Gasteiger partial charge on any atom is -0.492 e. The molecule has 0 radical (unpaired) electrons. The number of aromatic amines is 1. The summed E-state index contributed by atoms with van der Waals surface area (Å²) in [5.74, 6) is 2.36. The number of piperazine rings is 1. The predicted octanol–water partition coefficient (Wildman–Crippen LogP) is 2.96. The average molecular weight is 424 g/mol. The van der Waals surface area contributed by atoms with Gasteiger partial charge in [-0.15, -0.1) is 0 Å². The van der Waals surface area contributed by atoms with Crippen LogP contribution < -0.4 is 9.47 Å². The number of H-pyrrole nitrogens is 1. The lowest BCUT2D eigenvalue weighted by Gasteiger charge is -2.34. The minimum atomic E-state index is 0.0537. The highest BCUT2D eigenvalue weighted by Crippen LogP contribution is 2.30. The molecule has 1 saturated heterocycles. The first-order valence-electron chi connectivity index (χ1n) is 10.7. The molecule has 1 N–H and O–H groups in total. The largest absolute Gasteiger partial charge is 0.492 e. The van der Waals surface area contributed by atoms with Crippen molar-refractivity contribution in [1.82, 2.24) is 24.8 Å². The number of rotatable bonds is 7. The van der Waals surface area contributed by atoms with Crippen LogP contribution in [0, 0.1) is 0 Å². The lowest BCUT2D eigenvalue weighted by Crippen LogP contribution is -2.48. The van der Waals surface area contributed by atoms with Gasteiger partial charge in [-0.05, 0) is 38.1 Å². The standard InChI is InChI=1S/C23H29N5O3/c1-16(2)31-20-14-18(22-25-21-5-4-6-24-23(21)26-22)13-19(15-20)30-12-11-27-7-9-28(10-8-27)17(3)29/h4-6,13-16H,7-12H2,1-3H3,(H,24,25,26). The summed E-state index contributed by atoms with van der Waals surface area (Å²) >= 11 is 0. The second-order valence-electron chi connectivity index (χ2n) is 8.02. The van der Waals surface area contributed by atoms with Crippen LogP contribution in [0.3, 0.4) is 0 Å². The summed E-state index contributed by atoms with van der Waals surface area (Å²) < 4.78 is 12.0. The molecule has 31 heavy (non-hydrogen) atoms. The number of hydrogen-bond acceptors (Lipinski definition) is 6. The van der Waals surface area contributed by atoms with Crippen LogP contribution in [0.5, 0.6) is 11.5 Å². The maximum Gasteiger partial charge on any atom is 0.219 e. The van der Waals surface area contributed by atoms with Crippen LogP contribution in [0.1, 0.15) is 20.8 Å². The highest BCUT2D eigenvalue weighted by Gasteiger charge is 2.18. The summed E-state index contributed by atoms with van der Waals surface area (Å²) in [6.07, 6.45) is 1.79. The van der Waals surface area contributed by atoms with Gasteiger partial charge in [-0.3, -0.25) is 9.69 Å². The van der Waals surface area contributed by atoms with Crippen LogP contribution in [-0.2, 0) is 4.79 Å². The van der Waals surface area contributed by atoms with E-state index in [1.807, 2.05) is 49.1 Å². The monoisotopic (exact) mass is 423 g/mol. The third-order valence-electron chi connectivity index (χ3n) is 5.28. The third-order valence-corrected chi connectivity index (χ3v) is 5.28. The normalized spacial score (nSPS) is 14.9. The molecule has 1 aliphatic rings. The molecule has 4 rings (SSSR count). The molecule has 0 unspecified atom stereocenters. The lowest BCUT2D eigenvalue weighted by atomic mass is 10.2. The molecule has 0 spiro atoms. The molecule has 3 aromatic rings. The van der Waals surface area contributed by atoms with E-state index in [1.165, 1.54) is 0 Å². The summed E-state index contributed by atoms with van der Waals surface area (Å²) in [6.45, 7) is 10.3. The SMILES string of the molecule is CC(=O)N1CCN(CCOc2cc(OC(C)C)cc(-c3nc4ncccc4[nH]3)c2)CC1. The van der Waals surface area contributed by atoms with Crippen molar-refractivity contribution in [2.45, 2.75) is 26.9 Å². The Morgan fingerprint density at radius 1 is 1.16 bits per heavy atom.